The molecule has 12 heterocycles. The molecule has 126 heavy (non-hydrogen) atoms. The van der Waals surface area contributed by atoms with Crippen molar-refractivity contribution in [2.45, 2.75) is 77.1 Å². The summed E-state index contributed by atoms with van der Waals surface area (Å²) in [6, 6.07) is 38.3. The summed E-state index contributed by atoms with van der Waals surface area (Å²) in [4.78, 5) is 163. The molecule has 7 aliphatic rings. The van der Waals surface area contributed by atoms with E-state index in [0.717, 1.165) is 93.0 Å². The lowest BCUT2D eigenvalue weighted by molar-refractivity contribution is -0.385. The van der Waals surface area contributed by atoms with E-state index in [1.165, 1.54) is 50.2 Å². The number of benzene rings is 4. The Morgan fingerprint density at radius 1 is 0.389 bits per heavy atom. The zero-order chi connectivity index (χ0) is 88.9. The lowest BCUT2D eigenvalue weighted by Gasteiger charge is -2.38. The van der Waals surface area contributed by atoms with Gasteiger partial charge in [-0.1, -0.05) is 104 Å². The third-order valence-corrected chi connectivity index (χ3v) is 27.4. The van der Waals surface area contributed by atoms with Gasteiger partial charge in [0.25, 0.3) is 17.7 Å². The van der Waals surface area contributed by atoms with Crippen molar-refractivity contribution in [2.24, 2.45) is 31.8 Å². The number of aromatic nitrogens is 4. The number of thiophene rings is 3. The van der Waals surface area contributed by atoms with Crippen LogP contribution >= 0.6 is 34.0 Å². The number of rotatable bonds is 16. The molecule has 660 valence electrons. The van der Waals surface area contributed by atoms with Crippen LogP contribution in [0.3, 0.4) is 0 Å². The summed E-state index contributed by atoms with van der Waals surface area (Å²) in [5.41, 5.74) is -0.0858. The fraction of sp³-hybridized carbons (Fsp3) is 0.402. The number of nitrogens with one attached hydrogen (secondary N) is 1. The van der Waals surface area contributed by atoms with Crippen molar-refractivity contribution in [1.29, 1.82) is 0 Å². The van der Waals surface area contributed by atoms with Gasteiger partial charge in [-0.15, -0.1) is 34.0 Å². The highest BCUT2D eigenvalue weighted by Crippen LogP contribution is 2.42. The number of nitro groups is 4. The number of nitrogens with zero attached hydrogens (tertiary/aromatic N) is 16. The van der Waals surface area contributed by atoms with Gasteiger partial charge in [-0.05, 0) is 123 Å². The van der Waals surface area contributed by atoms with E-state index in [1.807, 2.05) is 115 Å². The fourth-order valence-corrected chi connectivity index (χ4v) is 20.1. The van der Waals surface area contributed by atoms with Gasteiger partial charge in [0.05, 0.1) is 56.4 Å². The predicted molar refractivity (Wildman–Crippen MR) is 477 cm³/mol. The number of piperidine rings is 1. The second-order valence-corrected chi connectivity index (χ2v) is 35.2. The van der Waals surface area contributed by atoms with E-state index in [-0.39, 0.29) is 71.8 Å². The van der Waals surface area contributed by atoms with Crippen molar-refractivity contribution in [3.8, 4) is 0 Å². The zero-order valence-electron chi connectivity index (χ0n) is 69.1. The molecule has 18 rings (SSSR count). The SMILES string of the molecule is Cn1c(=O)c([N+](=O)[O-])c(N2CCN(C(=O)C3CCNCC3)CC2)c2ccccc21.Cn1c(=O)c([N+](=O)[O-])c(N2CCN(C(=O)c3ccc(C(F)(F)F)s3)CC2)c2ccccc21.O=C(c1cccs1)N1CCN(c2c([N+](=O)[O-])c(=O)n(CC3CC3)c3ccccc23)CC1.O=C(c1cccs1)N1CCN(c2c([N+](=O)[O-])c(=O)n(CC3CCCCC3)c3ccccc23)CC1. The molecule has 11 aromatic rings. The zero-order valence-corrected chi connectivity index (χ0v) is 71.6. The van der Waals surface area contributed by atoms with Gasteiger partial charge in [0.15, 0.2) is 0 Å². The van der Waals surface area contributed by atoms with Crippen LogP contribution in [-0.2, 0) is 38.2 Å². The highest BCUT2D eigenvalue weighted by molar-refractivity contribution is 7.14. The Balaban J connectivity index is 0.000000130. The molecule has 39 heteroatoms. The van der Waals surface area contributed by atoms with Gasteiger partial charge in [-0.3, -0.25) is 78.8 Å². The van der Waals surface area contributed by atoms with Crippen LogP contribution in [0, 0.1) is 58.2 Å². The van der Waals surface area contributed by atoms with E-state index in [2.05, 4.69) is 5.32 Å². The largest absolute Gasteiger partial charge is 0.425 e. The number of para-hydroxylation sites is 4. The van der Waals surface area contributed by atoms with Crippen molar-refractivity contribution >= 4 is 147 Å². The Labute approximate surface area is 729 Å². The standard InChI is InChI=1S/C25H28N4O4S.C22H22N4O4S.C20H17F3N4O4S.C20H25N5O4/c30-24(21-11-6-16-34-21)27-14-12-26(13-15-27)22-19-9-4-5-10-20(19)28(25(31)23(22)29(32)33)17-18-7-2-1-3-8-18;27-21(18-6-3-13-31-18)24-11-9-23(10-12-24)19-16-4-1-2-5-17(16)25(14-15-7-8-15)22(28)20(19)26(29)30;1-24-13-5-3-2-4-12(13)16(17(19(24)29)27(30)31)25-8-10-26(11-9-25)18(28)14-6-7-15(32-14)20(21,22)23;1-22-16-5-3-2-4-15(16)17(18(20(22)27)25(28)29)23-10-12-24(13-11-23)19(26)14-6-8-21-9-7-14/h4-6,9-11,16,18H,1-3,7-8,12-15,17H2;1-6,13,15H,7-12,14H2;2-7H,8-11H2,1H3;2-5,14,21H,6-13H2,1H3. The van der Waals surface area contributed by atoms with Crippen LogP contribution < -0.4 is 47.2 Å². The Bertz CT molecular complexity index is 6250. The fourth-order valence-electron chi connectivity index (χ4n) is 17.9. The Hall–Kier alpha value is -12.8. The van der Waals surface area contributed by atoms with Crippen LogP contribution in [0.4, 0.5) is 58.7 Å². The number of aryl methyl sites for hydroxylation is 2. The molecule has 7 aromatic heterocycles. The number of alkyl halides is 3. The maximum atomic E-state index is 13.5. The molecular formula is C87H92F3N17O16S3. The maximum absolute atomic E-state index is 13.5. The summed E-state index contributed by atoms with van der Waals surface area (Å²) in [7, 11) is 3.02. The summed E-state index contributed by atoms with van der Waals surface area (Å²) in [6.45, 7) is 8.96. The summed E-state index contributed by atoms with van der Waals surface area (Å²) < 4.78 is 44.3. The van der Waals surface area contributed by atoms with Gasteiger partial charge >= 0.3 is 51.2 Å². The van der Waals surface area contributed by atoms with Gasteiger partial charge in [0.2, 0.25) is 5.91 Å². The minimum absolute atomic E-state index is 0.0168. The average molecular weight is 1780 g/mol. The number of carbonyl (C=O) groups is 4. The molecule has 0 spiro atoms. The number of pyridine rings is 4. The number of amides is 4. The van der Waals surface area contributed by atoms with E-state index in [9.17, 15) is 92.0 Å². The molecule has 0 atom stereocenters. The van der Waals surface area contributed by atoms with Crippen molar-refractivity contribution in [3.63, 3.8) is 0 Å². The highest BCUT2D eigenvalue weighted by Gasteiger charge is 2.41. The predicted octanol–water partition coefficient (Wildman–Crippen LogP) is 12.4. The molecular weight excluding hydrogens is 1690 g/mol. The first kappa shape index (κ1) is 88.1. The number of hydrogen-bond donors (Lipinski definition) is 1. The highest BCUT2D eigenvalue weighted by atomic mass is 32.1. The number of fused-ring (bicyclic) bond motifs is 4. The Kier molecular flexibility index (Phi) is 26.6. The molecule has 5 aliphatic heterocycles. The lowest BCUT2D eigenvalue weighted by atomic mass is 9.89. The van der Waals surface area contributed by atoms with Gasteiger partial charge in [-0.2, -0.15) is 13.2 Å². The second-order valence-electron chi connectivity index (χ2n) is 32.2. The average Bonchev–Trinajstić information content (AvgIpc) is 1.40. The van der Waals surface area contributed by atoms with Gasteiger partial charge in [0.1, 0.15) is 27.6 Å². The van der Waals surface area contributed by atoms with Crippen LogP contribution in [0.1, 0.15) is 91.7 Å². The van der Waals surface area contributed by atoms with Gasteiger partial charge in [-0.25, -0.2) is 0 Å². The van der Waals surface area contributed by atoms with Crippen molar-refractivity contribution in [3.05, 3.63) is 246 Å². The number of halogens is 3. The summed E-state index contributed by atoms with van der Waals surface area (Å²) >= 11 is 3.20. The number of hydrogen-bond acceptors (Lipinski definition) is 24. The summed E-state index contributed by atoms with van der Waals surface area (Å²) in [5, 5.41) is 57.4. The molecule has 7 fully saturated rings. The van der Waals surface area contributed by atoms with Crippen LogP contribution in [0.25, 0.3) is 43.6 Å². The third-order valence-electron chi connectivity index (χ3n) is 24.6. The molecule has 5 saturated heterocycles. The normalized spacial score (nSPS) is 16.7. The first-order valence-electron chi connectivity index (χ1n) is 41.9. The van der Waals surface area contributed by atoms with Crippen LogP contribution in [0.2, 0.25) is 0 Å². The minimum atomic E-state index is -4.51. The maximum Gasteiger partial charge on any atom is 0.425 e. The van der Waals surface area contributed by atoms with Crippen molar-refractivity contribution in [1.82, 2.24) is 43.2 Å². The quantitative estimate of drug-likeness (QED) is 0.0693. The molecule has 2 saturated carbocycles. The molecule has 4 aromatic carbocycles. The second kappa shape index (κ2) is 38.0. The molecule has 33 nitrogen and oxygen atoms in total. The van der Waals surface area contributed by atoms with E-state index >= 15 is 0 Å². The van der Waals surface area contributed by atoms with Crippen LogP contribution in [-0.4, -0.2) is 199 Å². The number of carbonyl (C=O) groups excluding carboxylic acids is 4. The molecule has 0 unspecified atom stereocenters. The Morgan fingerprint density at radius 3 is 1.05 bits per heavy atom. The molecule has 4 amide bonds. The number of anilines is 4. The van der Waals surface area contributed by atoms with E-state index in [0.29, 0.717) is 169 Å². The van der Waals surface area contributed by atoms with Crippen LogP contribution in [0.5, 0.6) is 0 Å². The molecule has 0 radical (unpaired) electrons. The van der Waals surface area contributed by atoms with Crippen LogP contribution in [0.15, 0.2) is 163 Å². The Morgan fingerprint density at radius 2 is 0.714 bits per heavy atom. The lowest BCUT2D eigenvalue weighted by Crippen LogP contribution is -2.51. The summed E-state index contributed by atoms with van der Waals surface area (Å²) in [6.07, 6.45) is 4.90. The number of piperazine rings is 4. The topological polar surface area (TPSA) is 367 Å². The van der Waals surface area contributed by atoms with Gasteiger partial charge in [0, 0.05) is 159 Å². The first-order chi connectivity index (χ1) is 60.7. The van der Waals surface area contributed by atoms with Crippen molar-refractivity contribution in [2.75, 3.05) is 137 Å². The van der Waals surface area contributed by atoms with Gasteiger partial charge < -0.3 is 62.8 Å². The molecule has 1 N–H and O–H groups in total. The summed E-state index contributed by atoms with van der Waals surface area (Å²) in [5.74, 6) is 0.459. The van der Waals surface area contributed by atoms with E-state index < -0.39 is 70.3 Å². The van der Waals surface area contributed by atoms with E-state index in [4.69, 9.17) is 0 Å². The van der Waals surface area contributed by atoms with E-state index in [1.54, 1.807) is 67.3 Å². The molecule has 0 bridgehead atoms. The monoisotopic (exact) mass is 1780 g/mol. The minimum Gasteiger partial charge on any atom is -0.362 e. The van der Waals surface area contributed by atoms with Crippen molar-refractivity contribution < 1.29 is 52.0 Å². The first-order valence-corrected chi connectivity index (χ1v) is 44.5. The smallest absolute Gasteiger partial charge is 0.362 e. The third kappa shape index (κ3) is 18.4. The molecule has 2 aliphatic carbocycles.